The van der Waals surface area contributed by atoms with Crippen molar-refractivity contribution >= 4 is 0 Å². The van der Waals surface area contributed by atoms with E-state index in [4.69, 9.17) is 4.74 Å². The molecule has 1 saturated heterocycles. The average Bonchev–Trinajstić information content (AvgIpc) is 2.79. The smallest absolute Gasteiger partial charge is 0.130 e. The number of rotatable bonds is 4. The molecule has 1 aromatic rings. The SMILES string of the molecule is CNC(CC1CCOC1)c1ccc(F)cc1F. The van der Waals surface area contributed by atoms with Gasteiger partial charge in [0.05, 0.1) is 0 Å². The first-order valence-electron chi connectivity index (χ1n) is 5.90. The Morgan fingerprint density at radius 2 is 2.29 bits per heavy atom. The molecule has 0 spiro atoms. The van der Waals surface area contributed by atoms with Gasteiger partial charge in [0.1, 0.15) is 11.6 Å². The number of halogens is 2. The Kier molecular flexibility index (Phi) is 4.07. The van der Waals surface area contributed by atoms with Crippen LogP contribution < -0.4 is 5.32 Å². The summed E-state index contributed by atoms with van der Waals surface area (Å²) in [7, 11) is 1.79. The lowest BCUT2D eigenvalue weighted by molar-refractivity contribution is 0.181. The van der Waals surface area contributed by atoms with E-state index in [1.54, 1.807) is 7.05 Å². The number of hydrogen-bond donors (Lipinski definition) is 1. The zero-order chi connectivity index (χ0) is 12.3. The van der Waals surface area contributed by atoms with Gasteiger partial charge >= 0.3 is 0 Å². The largest absolute Gasteiger partial charge is 0.381 e. The lowest BCUT2D eigenvalue weighted by Crippen LogP contribution is -2.21. The van der Waals surface area contributed by atoms with Crippen molar-refractivity contribution < 1.29 is 13.5 Å². The Morgan fingerprint density at radius 1 is 1.47 bits per heavy atom. The van der Waals surface area contributed by atoms with E-state index in [-0.39, 0.29) is 6.04 Å². The maximum Gasteiger partial charge on any atom is 0.130 e. The molecule has 2 rings (SSSR count). The summed E-state index contributed by atoms with van der Waals surface area (Å²) in [5.41, 5.74) is 0.529. The van der Waals surface area contributed by atoms with Crippen molar-refractivity contribution in [1.82, 2.24) is 5.32 Å². The molecule has 1 fully saturated rings. The Hall–Kier alpha value is -1.00. The van der Waals surface area contributed by atoms with Gasteiger partial charge in [-0.05, 0) is 31.9 Å². The van der Waals surface area contributed by atoms with Crippen molar-refractivity contribution in [2.45, 2.75) is 18.9 Å². The summed E-state index contributed by atoms with van der Waals surface area (Å²) in [4.78, 5) is 0. The molecule has 2 unspecified atom stereocenters. The lowest BCUT2D eigenvalue weighted by Gasteiger charge is -2.20. The van der Waals surface area contributed by atoms with Crippen molar-refractivity contribution in [2.75, 3.05) is 20.3 Å². The van der Waals surface area contributed by atoms with E-state index in [2.05, 4.69) is 5.32 Å². The van der Waals surface area contributed by atoms with Gasteiger partial charge in [0.2, 0.25) is 0 Å². The highest BCUT2D eigenvalue weighted by Crippen LogP contribution is 2.27. The van der Waals surface area contributed by atoms with Crippen LogP contribution in [-0.2, 0) is 4.74 Å². The molecule has 0 saturated carbocycles. The maximum absolute atomic E-state index is 13.7. The normalized spacial score (nSPS) is 21.7. The molecule has 0 bridgehead atoms. The molecule has 0 amide bonds. The van der Waals surface area contributed by atoms with Crippen LogP contribution in [0.25, 0.3) is 0 Å². The quantitative estimate of drug-likeness (QED) is 0.875. The lowest BCUT2D eigenvalue weighted by atomic mass is 9.94. The predicted molar refractivity (Wildman–Crippen MR) is 61.7 cm³/mol. The van der Waals surface area contributed by atoms with E-state index < -0.39 is 11.6 Å². The summed E-state index contributed by atoms with van der Waals surface area (Å²) in [6.45, 7) is 1.52. The van der Waals surface area contributed by atoms with E-state index >= 15 is 0 Å². The fraction of sp³-hybridized carbons (Fsp3) is 0.538. The fourth-order valence-corrected chi connectivity index (χ4v) is 2.29. The Morgan fingerprint density at radius 3 is 2.88 bits per heavy atom. The molecule has 0 aromatic heterocycles. The highest BCUT2D eigenvalue weighted by Gasteiger charge is 2.22. The van der Waals surface area contributed by atoms with Gasteiger partial charge in [-0.2, -0.15) is 0 Å². The van der Waals surface area contributed by atoms with Crippen molar-refractivity contribution in [1.29, 1.82) is 0 Å². The summed E-state index contributed by atoms with van der Waals surface area (Å²) < 4.78 is 31.8. The third-order valence-electron chi connectivity index (χ3n) is 3.28. The first-order valence-corrected chi connectivity index (χ1v) is 5.90. The molecule has 0 radical (unpaired) electrons. The maximum atomic E-state index is 13.7. The molecular formula is C13H17F2NO. The highest BCUT2D eigenvalue weighted by atomic mass is 19.1. The number of nitrogens with one attached hydrogen (secondary N) is 1. The minimum Gasteiger partial charge on any atom is -0.381 e. The van der Waals surface area contributed by atoms with Crippen LogP contribution in [0.4, 0.5) is 8.78 Å². The minimum absolute atomic E-state index is 0.0812. The Labute approximate surface area is 100.0 Å². The third kappa shape index (κ3) is 3.01. The molecule has 17 heavy (non-hydrogen) atoms. The predicted octanol–water partition coefficient (Wildman–Crippen LogP) is 2.65. The minimum atomic E-state index is -0.537. The topological polar surface area (TPSA) is 21.3 Å². The van der Waals surface area contributed by atoms with Crippen LogP contribution >= 0.6 is 0 Å². The second-order valence-electron chi connectivity index (χ2n) is 4.47. The van der Waals surface area contributed by atoms with Crippen molar-refractivity contribution in [3.8, 4) is 0 Å². The molecule has 1 N–H and O–H groups in total. The second-order valence-corrected chi connectivity index (χ2v) is 4.47. The number of ether oxygens (including phenoxy) is 1. The van der Waals surface area contributed by atoms with Crippen LogP contribution in [0.1, 0.15) is 24.4 Å². The Bertz CT molecular complexity index is 378. The summed E-state index contributed by atoms with van der Waals surface area (Å²) in [6, 6.07) is 3.67. The highest BCUT2D eigenvalue weighted by molar-refractivity contribution is 5.22. The molecule has 1 heterocycles. The van der Waals surface area contributed by atoms with Gasteiger partial charge in [-0.25, -0.2) is 8.78 Å². The number of benzene rings is 1. The third-order valence-corrected chi connectivity index (χ3v) is 3.28. The summed E-state index contributed by atoms with van der Waals surface area (Å²) >= 11 is 0. The molecule has 1 aliphatic heterocycles. The van der Waals surface area contributed by atoms with Gasteiger partial charge in [0.15, 0.2) is 0 Å². The van der Waals surface area contributed by atoms with Crippen LogP contribution in [0.3, 0.4) is 0 Å². The van der Waals surface area contributed by atoms with E-state index in [0.29, 0.717) is 11.5 Å². The first-order chi connectivity index (χ1) is 8.20. The Balaban J connectivity index is 2.10. The summed E-state index contributed by atoms with van der Waals surface area (Å²) in [6.07, 6.45) is 1.83. The molecule has 2 atom stereocenters. The van der Waals surface area contributed by atoms with Gasteiger partial charge in [-0.1, -0.05) is 6.07 Å². The summed E-state index contributed by atoms with van der Waals surface area (Å²) in [5.74, 6) is -0.564. The standard InChI is InChI=1S/C13H17F2NO/c1-16-13(6-9-4-5-17-8-9)11-3-2-10(14)7-12(11)15/h2-3,7,9,13,16H,4-6,8H2,1H3. The molecule has 2 nitrogen and oxygen atoms in total. The van der Waals surface area contributed by atoms with Crippen molar-refractivity contribution in [3.63, 3.8) is 0 Å². The second kappa shape index (κ2) is 5.56. The van der Waals surface area contributed by atoms with Crippen LogP contribution in [-0.4, -0.2) is 20.3 Å². The zero-order valence-electron chi connectivity index (χ0n) is 9.88. The van der Waals surface area contributed by atoms with Gasteiger partial charge in [0, 0.05) is 30.9 Å². The summed E-state index contributed by atoms with van der Waals surface area (Å²) in [5, 5.41) is 3.09. The average molecular weight is 241 g/mol. The van der Waals surface area contributed by atoms with E-state index in [0.717, 1.165) is 32.1 Å². The monoisotopic (exact) mass is 241 g/mol. The molecule has 1 aromatic carbocycles. The van der Waals surface area contributed by atoms with Gasteiger partial charge < -0.3 is 10.1 Å². The van der Waals surface area contributed by atoms with E-state index in [1.165, 1.54) is 12.1 Å². The van der Waals surface area contributed by atoms with Crippen molar-refractivity contribution in [3.05, 3.63) is 35.4 Å². The van der Waals surface area contributed by atoms with E-state index in [9.17, 15) is 8.78 Å². The van der Waals surface area contributed by atoms with Gasteiger partial charge in [-0.15, -0.1) is 0 Å². The molecular weight excluding hydrogens is 224 g/mol. The van der Waals surface area contributed by atoms with Crippen LogP contribution in [0.5, 0.6) is 0 Å². The van der Waals surface area contributed by atoms with Gasteiger partial charge in [0.25, 0.3) is 0 Å². The van der Waals surface area contributed by atoms with E-state index in [1.807, 2.05) is 0 Å². The van der Waals surface area contributed by atoms with Gasteiger partial charge in [-0.3, -0.25) is 0 Å². The molecule has 4 heteroatoms. The molecule has 94 valence electrons. The van der Waals surface area contributed by atoms with Crippen LogP contribution in [0.2, 0.25) is 0 Å². The first kappa shape index (κ1) is 12.5. The zero-order valence-corrected chi connectivity index (χ0v) is 9.88. The number of hydrogen-bond acceptors (Lipinski definition) is 2. The molecule has 0 aliphatic carbocycles. The fourth-order valence-electron chi connectivity index (χ4n) is 2.29. The molecule has 1 aliphatic rings. The van der Waals surface area contributed by atoms with Crippen LogP contribution in [0.15, 0.2) is 18.2 Å². The van der Waals surface area contributed by atoms with Crippen LogP contribution in [0, 0.1) is 17.6 Å². The van der Waals surface area contributed by atoms with Crippen molar-refractivity contribution in [2.24, 2.45) is 5.92 Å².